The standard InChI is InChI=1S/C10H11ClN2O/c11-9-8-5-7(14)3-4-13(8)10(12-9)6-1-2-6/h6H,1-5H2. The summed E-state index contributed by atoms with van der Waals surface area (Å²) in [6.07, 6.45) is 3.55. The number of halogens is 1. The minimum absolute atomic E-state index is 0.279. The fourth-order valence-electron chi connectivity index (χ4n) is 2.06. The first-order valence-corrected chi connectivity index (χ1v) is 5.40. The largest absolute Gasteiger partial charge is 0.330 e. The molecule has 2 aliphatic rings. The molecule has 1 aromatic heterocycles. The van der Waals surface area contributed by atoms with Crippen LogP contribution in [0.25, 0.3) is 0 Å². The molecule has 74 valence electrons. The van der Waals surface area contributed by atoms with Crippen molar-refractivity contribution in [3.63, 3.8) is 0 Å². The molecule has 3 rings (SSSR count). The van der Waals surface area contributed by atoms with E-state index in [1.807, 2.05) is 0 Å². The molecule has 3 nitrogen and oxygen atoms in total. The van der Waals surface area contributed by atoms with E-state index >= 15 is 0 Å². The van der Waals surface area contributed by atoms with Crippen LogP contribution in [0.3, 0.4) is 0 Å². The second kappa shape index (κ2) is 2.83. The number of hydrogen-bond donors (Lipinski definition) is 0. The van der Waals surface area contributed by atoms with E-state index in [1.165, 1.54) is 12.8 Å². The van der Waals surface area contributed by atoms with Gasteiger partial charge < -0.3 is 4.57 Å². The van der Waals surface area contributed by atoms with Crippen molar-refractivity contribution in [2.75, 3.05) is 0 Å². The van der Waals surface area contributed by atoms with Gasteiger partial charge in [-0.25, -0.2) is 4.98 Å². The van der Waals surface area contributed by atoms with Gasteiger partial charge in [-0.2, -0.15) is 0 Å². The number of aromatic nitrogens is 2. The number of hydrogen-bond acceptors (Lipinski definition) is 2. The Morgan fingerprint density at radius 2 is 2.21 bits per heavy atom. The Hall–Kier alpha value is -0.830. The molecule has 0 radical (unpaired) electrons. The summed E-state index contributed by atoms with van der Waals surface area (Å²) in [5, 5.41) is 0.542. The van der Waals surface area contributed by atoms with Gasteiger partial charge in [-0.3, -0.25) is 4.79 Å². The molecule has 1 aliphatic carbocycles. The number of Topliss-reactive ketones (excluding diaryl/α,β-unsaturated/α-hetero) is 1. The average Bonchev–Trinajstić information content (AvgIpc) is 2.94. The Morgan fingerprint density at radius 1 is 1.43 bits per heavy atom. The van der Waals surface area contributed by atoms with Crippen molar-refractivity contribution >= 4 is 17.4 Å². The molecule has 0 aromatic carbocycles. The lowest BCUT2D eigenvalue weighted by Gasteiger charge is -2.15. The van der Waals surface area contributed by atoms with E-state index in [0.29, 0.717) is 23.9 Å². The summed E-state index contributed by atoms with van der Waals surface area (Å²) < 4.78 is 2.15. The number of ketones is 1. The second-order valence-corrected chi connectivity index (χ2v) is 4.46. The van der Waals surface area contributed by atoms with Gasteiger partial charge in [0, 0.05) is 25.3 Å². The predicted molar refractivity (Wildman–Crippen MR) is 52.5 cm³/mol. The molecule has 2 heterocycles. The quantitative estimate of drug-likeness (QED) is 0.710. The van der Waals surface area contributed by atoms with Crippen molar-refractivity contribution in [1.82, 2.24) is 9.55 Å². The first kappa shape index (κ1) is 8.48. The van der Waals surface area contributed by atoms with Crippen LogP contribution in [-0.2, 0) is 17.8 Å². The topological polar surface area (TPSA) is 34.9 Å². The molecule has 0 atom stereocenters. The Bertz CT molecular complexity index is 406. The van der Waals surface area contributed by atoms with Gasteiger partial charge in [-0.05, 0) is 12.8 Å². The Balaban J connectivity index is 2.08. The molecule has 0 N–H and O–H groups in total. The molecular formula is C10H11ClN2O. The molecule has 1 saturated carbocycles. The van der Waals surface area contributed by atoms with E-state index in [9.17, 15) is 4.79 Å². The lowest BCUT2D eigenvalue weighted by Crippen LogP contribution is -2.19. The lowest BCUT2D eigenvalue weighted by molar-refractivity contribution is -0.119. The normalized spacial score (nSPS) is 21.1. The summed E-state index contributed by atoms with van der Waals surface area (Å²) in [5.41, 5.74) is 0.935. The van der Waals surface area contributed by atoms with Crippen molar-refractivity contribution in [3.05, 3.63) is 16.7 Å². The molecule has 1 aliphatic heterocycles. The average molecular weight is 211 g/mol. The molecule has 0 bridgehead atoms. The lowest BCUT2D eigenvalue weighted by atomic mass is 10.1. The highest BCUT2D eigenvalue weighted by Gasteiger charge is 2.32. The Labute approximate surface area is 87.1 Å². The van der Waals surface area contributed by atoms with Crippen LogP contribution in [0.4, 0.5) is 0 Å². The molecule has 14 heavy (non-hydrogen) atoms. The Kier molecular flexibility index (Phi) is 1.71. The third kappa shape index (κ3) is 1.19. The Morgan fingerprint density at radius 3 is 2.93 bits per heavy atom. The number of fused-ring (bicyclic) bond motifs is 1. The third-order valence-electron chi connectivity index (χ3n) is 2.97. The van der Waals surface area contributed by atoms with E-state index < -0.39 is 0 Å². The van der Waals surface area contributed by atoms with Gasteiger partial charge in [0.1, 0.15) is 11.6 Å². The van der Waals surface area contributed by atoms with Crippen molar-refractivity contribution in [1.29, 1.82) is 0 Å². The molecule has 1 fully saturated rings. The van der Waals surface area contributed by atoms with Crippen molar-refractivity contribution < 1.29 is 4.79 Å². The van der Waals surface area contributed by atoms with Gasteiger partial charge in [0.05, 0.1) is 5.69 Å². The van der Waals surface area contributed by atoms with Gasteiger partial charge in [0.15, 0.2) is 5.15 Å². The summed E-state index contributed by atoms with van der Waals surface area (Å²) in [6.45, 7) is 0.778. The van der Waals surface area contributed by atoms with Gasteiger partial charge in [-0.1, -0.05) is 11.6 Å². The van der Waals surface area contributed by atoms with E-state index in [1.54, 1.807) is 0 Å². The van der Waals surface area contributed by atoms with Crippen molar-refractivity contribution in [2.24, 2.45) is 0 Å². The monoisotopic (exact) mass is 210 g/mol. The van der Waals surface area contributed by atoms with E-state index in [0.717, 1.165) is 18.1 Å². The molecule has 4 heteroatoms. The summed E-state index contributed by atoms with van der Waals surface area (Å²) in [7, 11) is 0. The number of nitrogens with zero attached hydrogens (tertiary/aromatic N) is 2. The molecule has 1 aromatic rings. The van der Waals surface area contributed by atoms with Gasteiger partial charge in [0.25, 0.3) is 0 Å². The molecular weight excluding hydrogens is 200 g/mol. The first-order chi connectivity index (χ1) is 6.75. The number of carbonyl (C=O) groups is 1. The highest BCUT2D eigenvalue weighted by Crippen LogP contribution is 2.41. The highest BCUT2D eigenvalue weighted by atomic mass is 35.5. The number of rotatable bonds is 1. The maximum absolute atomic E-state index is 11.3. The van der Waals surface area contributed by atoms with Gasteiger partial charge in [0.2, 0.25) is 0 Å². The van der Waals surface area contributed by atoms with Crippen molar-refractivity contribution in [3.8, 4) is 0 Å². The van der Waals surface area contributed by atoms with E-state index in [2.05, 4.69) is 9.55 Å². The van der Waals surface area contributed by atoms with Crippen LogP contribution >= 0.6 is 11.6 Å². The fourth-order valence-corrected chi connectivity index (χ4v) is 2.31. The zero-order chi connectivity index (χ0) is 9.71. The van der Waals surface area contributed by atoms with Crippen LogP contribution in [-0.4, -0.2) is 15.3 Å². The molecule has 0 saturated heterocycles. The second-order valence-electron chi connectivity index (χ2n) is 4.10. The minimum atomic E-state index is 0.279. The van der Waals surface area contributed by atoms with Crippen molar-refractivity contribution in [2.45, 2.75) is 38.1 Å². The maximum Gasteiger partial charge on any atom is 0.151 e. The zero-order valence-electron chi connectivity index (χ0n) is 7.79. The molecule has 0 unspecified atom stereocenters. The fraction of sp³-hybridized carbons (Fsp3) is 0.600. The van der Waals surface area contributed by atoms with Crippen LogP contribution in [0.1, 0.15) is 36.7 Å². The van der Waals surface area contributed by atoms with Crippen LogP contribution in [0.15, 0.2) is 0 Å². The number of imidazole rings is 1. The minimum Gasteiger partial charge on any atom is -0.330 e. The van der Waals surface area contributed by atoms with E-state index in [-0.39, 0.29) is 5.78 Å². The highest BCUT2D eigenvalue weighted by molar-refractivity contribution is 6.30. The molecule has 0 amide bonds. The predicted octanol–water partition coefficient (Wildman–Crippen LogP) is 1.93. The summed E-state index contributed by atoms with van der Waals surface area (Å²) >= 11 is 6.02. The SMILES string of the molecule is O=C1CCn2c(C3CC3)nc(Cl)c2C1. The van der Waals surface area contributed by atoms with Crippen LogP contribution < -0.4 is 0 Å². The zero-order valence-corrected chi connectivity index (χ0v) is 8.55. The van der Waals surface area contributed by atoms with Crippen LogP contribution in [0, 0.1) is 0 Å². The van der Waals surface area contributed by atoms with E-state index in [4.69, 9.17) is 11.6 Å². The van der Waals surface area contributed by atoms with Gasteiger partial charge in [-0.15, -0.1) is 0 Å². The van der Waals surface area contributed by atoms with Gasteiger partial charge >= 0.3 is 0 Å². The molecule has 0 spiro atoms. The third-order valence-corrected chi connectivity index (χ3v) is 3.28. The maximum atomic E-state index is 11.3. The number of carbonyl (C=O) groups excluding carboxylic acids is 1. The van der Waals surface area contributed by atoms with Crippen LogP contribution in [0.5, 0.6) is 0 Å². The summed E-state index contributed by atoms with van der Waals surface area (Å²) in [5.74, 6) is 1.99. The smallest absolute Gasteiger partial charge is 0.151 e. The van der Waals surface area contributed by atoms with Crippen LogP contribution in [0.2, 0.25) is 5.15 Å². The summed E-state index contributed by atoms with van der Waals surface area (Å²) in [6, 6.07) is 0. The summed E-state index contributed by atoms with van der Waals surface area (Å²) in [4.78, 5) is 15.6. The first-order valence-electron chi connectivity index (χ1n) is 5.02.